The van der Waals surface area contributed by atoms with Gasteiger partial charge in [-0.3, -0.25) is 57.9 Å². The highest BCUT2D eigenvalue weighted by atomic mass is 16.2. The molecule has 0 spiro atoms. The van der Waals surface area contributed by atoms with Crippen molar-refractivity contribution >= 4 is 81.4 Å². The number of aliphatic imine (C=N–C) groups is 2. The van der Waals surface area contributed by atoms with E-state index >= 15 is 0 Å². The number of para-hydroxylation sites is 1. The maximum Gasteiger partial charge on any atom is 0.243 e. The van der Waals surface area contributed by atoms with Gasteiger partial charge in [-0.25, -0.2) is 0 Å². The van der Waals surface area contributed by atoms with Crippen LogP contribution in [0.25, 0.3) is 10.9 Å². The Bertz CT molecular complexity index is 2680. The van der Waals surface area contributed by atoms with E-state index in [4.69, 9.17) is 28.7 Å². The maximum atomic E-state index is 14.9. The van der Waals surface area contributed by atoms with Gasteiger partial charge in [0.15, 0.2) is 23.5 Å². The Morgan fingerprint density at radius 3 is 2.04 bits per heavy atom. The lowest BCUT2D eigenvalue weighted by Gasteiger charge is -2.27. The number of nitrogens with one attached hydrogen (secondary N) is 6. The fourth-order valence-corrected chi connectivity index (χ4v) is 9.75. The largest absolute Gasteiger partial charge is 0.370 e. The molecule has 0 radical (unpaired) electrons. The van der Waals surface area contributed by atoms with Crippen LogP contribution in [0, 0.1) is 17.8 Å². The minimum Gasteiger partial charge on any atom is -0.370 e. The number of benzene rings is 2. The van der Waals surface area contributed by atoms with Gasteiger partial charge in [0.05, 0.1) is 12.1 Å². The van der Waals surface area contributed by atoms with Crippen LogP contribution in [0.2, 0.25) is 0 Å². The number of primary amides is 1. The fourth-order valence-electron chi connectivity index (χ4n) is 9.75. The monoisotopic (exact) mass is 1090 g/mol. The number of carbonyl (C=O) groups excluding carboxylic acids is 10. The third-order valence-electron chi connectivity index (χ3n) is 14.2. The number of H-pyrrole nitrogens is 1. The second-order valence-corrected chi connectivity index (χ2v) is 20.8. The van der Waals surface area contributed by atoms with E-state index in [1.807, 2.05) is 24.3 Å². The van der Waals surface area contributed by atoms with Crippen molar-refractivity contribution in [1.82, 2.24) is 31.6 Å². The van der Waals surface area contributed by atoms with Gasteiger partial charge < -0.3 is 60.2 Å². The fraction of sp³-hybridized carbons (Fsp3) is 0.536. The Balaban J connectivity index is 1.55. The van der Waals surface area contributed by atoms with Crippen molar-refractivity contribution in [3.63, 3.8) is 0 Å². The smallest absolute Gasteiger partial charge is 0.243 e. The zero-order chi connectivity index (χ0) is 57.4. The van der Waals surface area contributed by atoms with Crippen LogP contribution in [-0.2, 0) is 60.8 Å². The number of ketones is 4. The van der Waals surface area contributed by atoms with Crippen LogP contribution in [0.4, 0.5) is 0 Å². The number of fused-ring (bicyclic) bond motifs is 1. The standard InChI is InChI=1S/C56H79N13O10/c1-33(70)65-43(18-10-26-63-56(60)61)52(77)67-44-22-21-39(71)14-5-7-17-42(48(73)28-35-19-20-35)66-51(76)37(29-38-32-64-41-16-8-6-15-40(38)41)31-47(72)36(13-9-25-62-55(58)59)30-49(74)46(27-34-11-3-2-4-12-34)69-54(79)45(68-53(44)78)23-24-50(57)75/h2-4,6,8,11-12,15-16,32,35-37,42-46,64H,5,7,9-10,13-14,17-31H2,1H3,(H2,57,75)(H,65,70)(H,66,76)(H,67,77)(H,68,78)(H,69,79)(H4,58,59,62)(H4,60,61,63)/t36-,37-,42+,43+,44+,45+,46-/m1/s1. The van der Waals surface area contributed by atoms with Crippen molar-refractivity contribution in [3.05, 3.63) is 71.9 Å². The summed E-state index contributed by atoms with van der Waals surface area (Å²) in [6.45, 7) is 1.45. The molecular weight excluding hydrogens is 1010 g/mol. The summed E-state index contributed by atoms with van der Waals surface area (Å²) >= 11 is 0. The average molecular weight is 1090 g/mol. The van der Waals surface area contributed by atoms with Gasteiger partial charge >= 0.3 is 0 Å². The Morgan fingerprint density at radius 1 is 0.684 bits per heavy atom. The zero-order valence-corrected chi connectivity index (χ0v) is 45.1. The first kappa shape index (κ1) is 61.9. The molecule has 2 aliphatic rings. The number of amides is 6. The molecule has 5 rings (SSSR count). The number of aromatic amines is 1. The van der Waals surface area contributed by atoms with E-state index in [2.05, 4.69) is 41.6 Å². The number of Topliss-reactive ketones (excluding diaryl/α,β-unsaturated/α-hetero) is 4. The summed E-state index contributed by atoms with van der Waals surface area (Å²) < 4.78 is 0. The van der Waals surface area contributed by atoms with Gasteiger partial charge in [-0.15, -0.1) is 0 Å². The van der Waals surface area contributed by atoms with Gasteiger partial charge in [0.25, 0.3) is 0 Å². The number of aromatic nitrogens is 1. The number of carbonyl (C=O) groups is 10. The average Bonchev–Trinajstić information content (AvgIpc) is 4.14. The lowest BCUT2D eigenvalue weighted by atomic mass is 9.83. The first-order valence-corrected chi connectivity index (χ1v) is 27.3. The van der Waals surface area contributed by atoms with Crippen LogP contribution >= 0.6 is 0 Å². The number of nitrogens with zero attached hydrogens (tertiary/aromatic N) is 2. The van der Waals surface area contributed by atoms with E-state index in [-0.39, 0.29) is 126 Å². The molecule has 1 saturated heterocycles. The zero-order valence-electron chi connectivity index (χ0n) is 45.1. The van der Waals surface area contributed by atoms with Gasteiger partial charge in [-0.2, -0.15) is 0 Å². The second-order valence-electron chi connectivity index (χ2n) is 20.8. The Kier molecular flexibility index (Phi) is 24.6. The summed E-state index contributed by atoms with van der Waals surface area (Å²) in [4.78, 5) is 151. The van der Waals surface area contributed by atoms with Crippen LogP contribution in [0.1, 0.15) is 127 Å². The lowest BCUT2D eigenvalue weighted by Crippen LogP contribution is -2.58. The molecule has 428 valence electrons. The Morgan fingerprint density at radius 2 is 1.35 bits per heavy atom. The Hall–Kier alpha value is -7.98. The summed E-state index contributed by atoms with van der Waals surface area (Å²) in [5.41, 5.74) is 29.9. The van der Waals surface area contributed by atoms with E-state index in [9.17, 15) is 47.9 Å². The molecule has 1 aliphatic heterocycles. The predicted molar refractivity (Wildman–Crippen MR) is 297 cm³/mol. The van der Waals surface area contributed by atoms with Crippen molar-refractivity contribution in [2.45, 2.75) is 159 Å². The summed E-state index contributed by atoms with van der Waals surface area (Å²) in [5, 5.41) is 14.4. The minimum atomic E-state index is -1.52. The van der Waals surface area contributed by atoms with Gasteiger partial charge in [-0.05, 0) is 100 Å². The highest BCUT2D eigenvalue weighted by Crippen LogP contribution is 2.33. The van der Waals surface area contributed by atoms with Crippen LogP contribution in [0.3, 0.4) is 0 Å². The molecule has 1 saturated carbocycles. The van der Waals surface area contributed by atoms with Gasteiger partial charge in [-0.1, -0.05) is 55.0 Å². The van der Waals surface area contributed by atoms with Gasteiger partial charge in [0.1, 0.15) is 29.7 Å². The van der Waals surface area contributed by atoms with Crippen molar-refractivity contribution in [1.29, 1.82) is 0 Å². The molecule has 23 nitrogen and oxygen atoms in total. The molecule has 16 N–H and O–H groups in total. The third kappa shape index (κ3) is 21.8. The molecule has 6 amide bonds. The highest BCUT2D eigenvalue weighted by molar-refractivity contribution is 5.98. The molecule has 79 heavy (non-hydrogen) atoms. The van der Waals surface area contributed by atoms with Crippen molar-refractivity contribution in [2.75, 3.05) is 13.1 Å². The van der Waals surface area contributed by atoms with E-state index in [0.29, 0.717) is 18.4 Å². The number of hydrogen-bond donors (Lipinski definition) is 11. The number of guanidine groups is 2. The van der Waals surface area contributed by atoms with E-state index in [1.165, 1.54) is 6.92 Å². The molecule has 7 atom stereocenters. The van der Waals surface area contributed by atoms with E-state index < -0.39 is 102 Å². The van der Waals surface area contributed by atoms with Crippen molar-refractivity contribution in [2.24, 2.45) is 56.4 Å². The topological polar surface area (TPSA) is 401 Å². The number of rotatable bonds is 21. The summed E-state index contributed by atoms with van der Waals surface area (Å²) in [6.07, 6.45) is 3.46. The molecule has 1 aliphatic carbocycles. The normalized spacial score (nSPS) is 21.8. The first-order chi connectivity index (χ1) is 37.8. The van der Waals surface area contributed by atoms with Crippen LogP contribution in [-0.4, -0.2) is 119 Å². The quantitative estimate of drug-likeness (QED) is 0.0406. The SMILES string of the molecule is CC(=O)N[C@@H](CCCN=C(N)N)C(=O)N[C@H]1CCC(=O)CCCC[C@@H](C(=O)CC2CC2)NC(=O)[C@H](Cc2c[nH]c3ccccc23)CC(=O)[C@H](CCCN=C(N)N)CC(=O)[C@@H](Cc2ccccc2)NC(=O)[C@H](CCC(N)=O)NC1=O. The molecular formula is C56H79N13O10. The molecule has 23 heteroatoms. The minimum absolute atomic E-state index is 0.0157. The summed E-state index contributed by atoms with van der Waals surface area (Å²) in [6, 6.07) is 9.86. The molecule has 1 aromatic heterocycles. The molecule has 0 unspecified atom stereocenters. The molecule has 2 aromatic carbocycles. The van der Waals surface area contributed by atoms with Gasteiger partial charge in [0.2, 0.25) is 35.4 Å². The summed E-state index contributed by atoms with van der Waals surface area (Å²) in [7, 11) is 0. The van der Waals surface area contributed by atoms with Crippen molar-refractivity contribution in [3.8, 4) is 0 Å². The molecule has 0 bridgehead atoms. The third-order valence-corrected chi connectivity index (χ3v) is 14.2. The van der Waals surface area contributed by atoms with E-state index in [0.717, 1.165) is 29.3 Å². The lowest BCUT2D eigenvalue weighted by molar-refractivity contribution is -0.136. The second kappa shape index (κ2) is 31.4. The maximum absolute atomic E-state index is 14.9. The first-order valence-electron chi connectivity index (χ1n) is 27.3. The van der Waals surface area contributed by atoms with Crippen LogP contribution in [0.15, 0.2) is 70.8 Å². The molecule has 2 fully saturated rings. The van der Waals surface area contributed by atoms with E-state index in [1.54, 1.807) is 36.5 Å². The Labute approximate surface area is 460 Å². The van der Waals surface area contributed by atoms with Gasteiger partial charge in [0, 0.05) is 87.5 Å². The van der Waals surface area contributed by atoms with Crippen LogP contribution < -0.4 is 55.3 Å². The molecule has 3 aromatic rings. The van der Waals surface area contributed by atoms with Crippen LogP contribution in [0.5, 0.6) is 0 Å². The number of nitrogens with two attached hydrogens (primary N) is 5. The van der Waals surface area contributed by atoms with Crippen molar-refractivity contribution < 1.29 is 47.9 Å². The highest BCUT2D eigenvalue weighted by Gasteiger charge is 2.36. The predicted octanol–water partition coefficient (Wildman–Crippen LogP) is 1.21. The number of hydrogen-bond acceptors (Lipinski definition) is 12. The molecule has 2 heterocycles. The summed E-state index contributed by atoms with van der Waals surface area (Å²) in [5.74, 6) is -8.07.